The highest BCUT2D eigenvalue weighted by Gasteiger charge is 2.19. The molecule has 1 amide bonds. The van der Waals surface area contributed by atoms with Gasteiger partial charge in [0.25, 0.3) is 5.91 Å². The van der Waals surface area contributed by atoms with Crippen molar-refractivity contribution in [1.29, 1.82) is 0 Å². The molecule has 138 valence electrons. The molecule has 2 aromatic carbocycles. The summed E-state index contributed by atoms with van der Waals surface area (Å²) in [4.78, 5) is 22.8. The van der Waals surface area contributed by atoms with Gasteiger partial charge in [0.1, 0.15) is 5.51 Å². The summed E-state index contributed by atoms with van der Waals surface area (Å²) >= 11 is 6.98. The fourth-order valence-electron chi connectivity index (χ4n) is 2.13. The first-order valence-corrected chi connectivity index (χ1v) is 8.61. The number of anilines is 1. The molecule has 9 nitrogen and oxygen atoms in total. The summed E-state index contributed by atoms with van der Waals surface area (Å²) in [7, 11) is 1.39. The second kappa shape index (κ2) is 7.98. The van der Waals surface area contributed by atoms with Crippen LogP contribution in [0.15, 0.2) is 41.9 Å². The first-order chi connectivity index (χ1) is 13.0. The van der Waals surface area contributed by atoms with Gasteiger partial charge in [-0.1, -0.05) is 22.9 Å². The molecule has 0 bridgehead atoms. The van der Waals surface area contributed by atoms with E-state index in [2.05, 4.69) is 15.5 Å². The summed E-state index contributed by atoms with van der Waals surface area (Å²) in [6.45, 7) is 0. The van der Waals surface area contributed by atoms with Gasteiger partial charge >= 0.3 is 5.69 Å². The van der Waals surface area contributed by atoms with Gasteiger partial charge in [-0.05, 0) is 30.3 Å². The highest BCUT2D eigenvalue weighted by atomic mass is 35.5. The molecule has 0 saturated carbocycles. The van der Waals surface area contributed by atoms with Crippen LogP contribution in [0.5, 0.6) is 17.2 Å². The van der Waals surface area contributed by atoms with Gasteiger partial charge in [0.2, 0.25) is 10.9 Å². The Labute approximate surface area is 161 Å². The van der Waals surface area contributed by atoms with Crippen molar-refractivity contribution in [3.05, 3.63) is 62.6 Å². The molecule has 0 saturated heterocycles. The van der Waals surface area contributed by atoms with Crippen LogP contribution in [0.25, 0.3) is 0 Å². The van der Waals surface area contributed by atoms with Crippen LogP contribution in [0.3, 0.4) is 0 Å². The highest BCUT2D eigenvalue weighted by molar-refractivity contribution is 7.13. The van der Waals surface area contributed by atoms with Crippen molar-refractivity contribution >= 4 is 39.7 Å². The molecule has 1 aromatic heterocycles. The van der Waals surface area contributed by atoms with Crippen LogP contribution in [0.4, 0.5) is 10.8 Å². The minimum absolute atomic E-state index is 0.00578. The van der Waals surface area contributed by atoms with Gasteiger partial charge in [0.15, 0.2) is 11.5 Å². The van der Waals surface area contributed by atoms with E-state index in [1.165, 1.54) is 60.4 Å². The number of carbonyl (C=O) groups excluding carboxylic acids is 1. The molecule has 0 fully saturated rings. The largest absolute Gasteiger partial charge is 0.493 e. The molecule has 0 spiro atoms. The number of nitrogens with one attached hydrogen (secondary N) is 1. The van der Waals surface area contributed by atoms with Crippen LogP contribution in [-0.4, -0.2) is 28.1 Å². The van der Waals surface area contributed by atoms with Gasteiger partial charge < -0.3 is 9.47 Å². The molecule has 1 N–H and O–H groups in total. The fraction of sp³-hybridized carbons (Fsp3) is 0.0625. The molecule has 0 aliphatic carbocycles. The Morgan fingerprint density at radius 1 is 1.22 bits per heavy atom. The number of rotatable bonds is 6. The van der Waals surface area contributed by atoms with E-state index in [1.807, 2.05) is 0 Å². The van der Waals surface area contributed by atoms with E-state index in [1.54, 1.807) is 0 Å². The van der Waals surface area contributed by atoms with Crippen LogP contribution in [0.2, 0.25) is 5.02 Å². The number of nitro groups is 1. The number of nitrogens with zero attached hydrogens (tertiary/aromatic N) is 3. The lowest BCUT2D eigenvalue weighted by Crippen LogP contribution is -2.12. The zero-order valence-corrected chi connectivity index (χ0v) is 15.3. The van der Waals surface area contributed by atoms with E-state index < -0.39 is 10.8 Å². The second-order valence-corrected chi connectivity index (χ2v) is 6.30. The summed E-state index contributed by atoms with van der Waals surface area (Å²) < 4.78 is 10.9. The van der Waals surface area contributed by atoms with Crippen LogP contribution in [-0.2, 0) is 0 Å². The van der Waals surface area contributed by atoms with Crippen LogP contribution >= 0.6 is 22.9 Å². The third-order valence-electron chi connectivity index (χ3n) is 3.34. The van der Waals surface area contributed by atoms with Gasteiger partial charge in [-0.2, -0.15) is 0 Å². The molecule has 0 atom stereocenters. The van der Waals surface area contributed by atoms with Crippen molar-refractivity contribution < 1.29 is 19.2 Å². The molecule has 11 heteroatoms. The lowest BCUT2D eigenvalue weighted by Gasteiger charge is -2.12. The standard InChI is InChI=1S/C16H11ClN4O5S/c1-25-14-6-9(15(22)19-16-20-18-8-27-16)2-4-13(14)26-12-5-3-10(17)7-11(12)21(23)24/h2-8H,1H3,(H,19,20,22). The van der Waals surface area contributed by atoms with E-state index in [-0.39, 0.29) is 28.0 Å². The maximum atomic E-state index is 12.3. The lowest BCUT2D eigenvalue weighted by atomic mass is 10.2. The van der Waals surface area contributed by atoms with E-state index >= 15 is 0 Å². The molecule has 3 rings (SSSR count). The SMILES string of the molecule is COc1cc(C(=O)Nc2nncs2)ccc1Oc1ccc(Cl)cc1[N+](=O)[O-]. The lowest BCUT2D eigenvalue weighted by molar-refractivity contribution is -0.385. The quantitative estimate of drug-likeness (QED) is 0.482. The number of carbonyl (C=O) groups is 1. The fourth-order valence-corrected chi connectivity index (χ4v) is 2.73. The van der Waals surface area contributed by atoms with Crippen LogP contribution < -0.4 is 14.8 Å². The number of nitro benzene ring substituents is 1. The highest BCUT2D eigenvalue weighted by Crippen LogP contribution is 2.38. The van der Waals surface area contributed by atoms with Crippen molar-refractivity contribution in [2.24, 2.45) is 0 Å². The molecule has 0 unspecified atom stereocenters. The van der Waals surface area contributed by atoms with Gasteiger partial charge in [-0.25, -0.2) is 0 Å². The number of ether oxygens (including phenoxy) is 2. The summed E-state index contributed by atoms with van der Waals surface area (Å²) in [5.74, 6) is 0.0161. The first kappa shape index (κ1) is 18.5. The van der Waals surface area contributed by atoms with Crippen molar-refractivity contribution in [3.8, 4) is 17.2 Å². The van der Waals surface area contributed by atoms with E-state index in [0.29, 0.717) is 10.7 Å². The van der Waals surface area contributed by atoms with E-state index in [9.17, 15) is 14.9 Å². The van der Waals surface area contributed by atoms with Gasteiger partial charge in [-0.15, -0.1) is 10.2 Å². The monoisotopic (exact) mass is 406 g/mol. The minimum atomic E-state index is -0.600. The summed E-state index contributed by atoms with van der Waals surface area (Å²) in [5, 5.41) is 21.7. The van der Waals surface area contributed by atoms with Gasteiger partial charge in [0, 0.05) is 16.7 Å². The average Bonchev–Trinajstić information content (AvgIpc) is 3.16. The smallest absolute Gasteiger partial charge is 0.313 e. The predicted molar refractivity (Wildman–Crippen MR) is 99.0 cm³/mol. The Kier molecular flexibility index (Phi) is 5.48. The van der Waals surface area contributed by atoms with E-state index in [4.69, 9.17) is 21.1 Å². The molecular formula is C16H11ClN4O5S. The predicted octanol–water partition coefficient (Wildman–Crippen LogP) is 4.15. The van der Waals surface area contributed by atoms with Crippen molar-refractivity contribution in [2.45, 2.75) is 0 Å². The average molecular weight is 407 g/mol. The Balaban J connectivity index is 1.87. The summed E-state index contributed by atoms with van der Waals surface area (Å²) in [5.41, 5.74) is 1.49. The summed E-state index contributed by atoms with van der Waals surface area (Å²) in [6.07, 6.45) is 0. The maximum Gasteiger partial charge on any atom is 0.313 e. The molecule has 0 radical (unpaired) electrons. The zero-order chi connectivity index (χ0) is 19.4. The van der Waals surface area contributed by atoms with Gasteiger partial charge in [-0.3, -0.25) is 20.2 Å². The molecular weight excluding hydrogens is 396 g/mol. The Bertz CT molecular complexity index is 996. The first-order valence-electron chi connectivity index (χ1n) is 7.35. The maximum absolute atomic E-state index is 12.3. The number of aromatic nitrogens is 2. The second-order valence-electron chi connectivity index (χ2n) is 5.03. The molecule has 27 heavy (non-hydrogen) atoms. The molecule has 0 aliphatic heterocycles. The Morgan fingerprint density at radius 2 is 2.00 bits per heavy atom. The number of benzene rings is 2. The number of hydrogen-bond donors (Lipinski definition) is 1. The molecule has 0 aliphatic rings. The zero-order valence-electron chi connectivity index (χ0n) is 13.7. The number of methoxy groups -OCH3 is 1. The van der Waals surface area contributed by atoms with Crippen LogP contribution in [0.1, 0.15) is 10.4 Å². The molecule has 1 heterocycles. The van der Waals surface area contributed by atoms with Gasteiger partial charge in [0.05, 0.1) is 12.0 Å². The summed E-state index contributed by atoms with van der Waals surface area (Å²) in [6, 6.07) is 8.47. The van der Waals surface area contributed by atoms with Crippen molar-refractivity contribution in [2.75, 3.05) is 12.4 Å². The van der Waals surface area contributed by atoms with Crippen molar-refractivity contribution in [1.82, 2.24) is 10.2 Å². The van der Waals surface area contributed by atoms with E-state index in [0.717, 1.165) is 0 Å². The third kappa shape index (κ3) is 4.30. The minimum Gasteiger partial charge on any atom is -0.493 e. The number of hydrogen-bond acceptors (Lipinski definition) is 8. The normalized spacial score (nSPS) is 10.3. The topological polar surface area (TPSA) is 116 Å². The number of amides is 1. The Hall–Kier alpha value is -3.24. The Morgan fingerprint density at radius 3 is 2.67 bits per heavy atom. The van der Waals surface area contributed by atoms with Crippen molar-refractivity contribution in [3.63, 3.8) is 0 Å². The molecule has 3 aromatic rings. The third-order valence-corrected chi connectivity index (χ3v) is 4.19. The number of halogens is 1. The van der Waals surface area contributed by atoms with Crippen LogP contribution in [0, 0.1) is 10.1 Å².